The fourth-order valence-electron chi connectivity index (χ4n) is 2.94. The molecule has 3 heterocycles. The van der Waals surface area contributed by atoms with Gasteiger partial charge in [-0.3, -0.25) is 4.90 Å². The number of oxazole rings is 1. The maximum Gasteiger partial charge on any atom is 0.236 e. The highest BCUT2D eigenvalue weighted by Gasteiger charge is 2.19. The fraction of sp³-hybridized carbons (Fsp3) is 0.278. The highest BCUT2D eigenvalue weighted by Crippen LogP contribution is 2.24. The first-order chi connectivity index (χ1) is 11.8. The molecule has 0 atom stereocenters. The van der Waals surface area contributed by atoms with Crippen molar-refractivity contribution in [1.82, 2.24) is 9.88 Å². The van der Waals surface area contributed by atoms with Crippen molar-refractivity contribution in [3.05, 3.63) is 59.6 Å². The van der Waals surface area contributed by atoms with Crippen molar-refractivity contribution >= 4 is 17.0 Å². The van der Waals surface area contributed by atoms with Gasteiger partial charge in [0.05, 0.1) is 10.6 Å². The smallest absolute Gasteiger partial charge is 0.236 e. The Bertz CT molecular complexity index is 777. The van der Waals surface area contributed by atoms with Crippen LogP contribution >= 0.6 is 11.3 Å². The van der Waals surface area contributed by atoms with Gasteiger partial charge in [0.25, 0.3) is 0 Å². The van der Waals surface area contributed by atoms with Gasteiger partial charge < -0.3 is 9.32 Å². The monoisotopic (exact) mass is 343 g/mol. The Hall–Kier alpha value is -2.18. The van der Waals surface area contributed by atoms with Crippen LogP contribution in [0.3, 0.4) is 0 Å². The van der Waals surface area contributed by atoms with Gasteiger partial charge in [-0.25, -0.2) is 9.37 Å². The van der Waals surface area contributed by atoms with E-state index in [1.165, 1.54) is 12.1 Å². The van der Waals surface area contributed by atoms with E-state index in [1.54, 1.807) is 17.6 Å². The Morgan fingerprint density at radius 3 is 2.58 bits per heavy atom. The predicted molar refractivity (Wildman–Crippen MR) is 93.7 cm³/mol. The van der Waals surface area contributed by atoms with Gasteiger partial charge in [0.2, 0.25) is 5.89 Å². The second-order valence-electron chi connectivity index (χ2n) is 5.86. The lowest BCUT2D eigenvalue weighted by atomic mass is 10.2. The van der Waals surface area contributed by atoms with Gasteiger partial charge in [-0.05, 0) is 35.7 Å². The molecule has 2 aromatic heterocycles. The zero-order valence-corrected chi connectivity index (χ0v) is 14.0. The van der Waals surface area contributed by atoms with Crippen LogP contribution < -0.4 is 4.90 Å². The molecule has 0 N–H and O–H groups in total. The number of halogens is 1. The first-order valence-corrected chi connectivity index (χ1v) is 8.87. The number of hydrogen-bond acceptors (Lipinski definition) is 5. The highest BCUT2D eigenvalue weighted by molar-refractivity contribution is 7.13. The molecule has 124 valence electrons. The van der Waals surface area contributed by atoms with Gasteiger partial charge >= 0.3 is 0 Å². The molecule has 3 aromatic rings. The van der Waals surface area contributed by atoms with Crippen molar-refractivity contribution in [2.75, 3.05) is 31.1 Å². The molecule has 0 unspecified atom stereocenters. The van der Waals surface area contributed by atoms with E-state index in [0.29, 0.717) is 5.89 Å². The summed E-state index contributed by atoms with van der Waals surface area (Å²) in [6.07, 6.45) is 1.75. The number of nitrogens with zero attached hydrogens (tertiary/aromatic N) is 3. The van der Waals surface area contributed by atoms with Gasteiger partial charge in [0, 0.05) is 38.4 Å². The summed E-state index contributed by atoms with van der Waals surface area (Å²) in [6.45, 7) is 4.58. The molecule has 4 nitrogen and oxygen atoms in total. The average Bonchev–Trinajstić information content (AvgIpc) is 3.28. The highest BCUT2D eigenvalue weighted by atomic mass is 32.1. The second kappa shape index (κ2) is 6.75. The Labute approximate surface area is 144 Å². The molecule has 0 aliphatic carbocycles. The van der Waals surface area contributed by atoms with E-state index in [0.717, 1.165) is 49.0 Å². The summed E-state index contributed by atoms with van der Waals surface area (Å²) >= 11 is 1.63. The molecule has 4 rings (SSSR count). The molecule has 0 spiro atoms. The van der Waals surface area contributed by atoms with Crippen molar-refractivity contribution < 1.29 is 8.81 Å². The minimum absolute atomic E-state index is 0.190. The van der Waals surface area contributed by atoms with Crippen LogP contribution in [0.15, 0.2) is 52.5 Å². The molecule has 6 heteroatoms. The molecule has 1 aliphatic rings. The van der Waals surface area contributed by atoms with Gasteiger partial charge in [0.1, 0.15) is 12.1 Å². The SMILES string of the molecule is Fc1ccc(N2CCN(Cc3coc(-c4cccs4)n3)CC2)cc1. The van der Waals surface area contributed by atoms with Crippen LogP contribution in [0.4, 0.5) is 10.1 Å². The summed E-state index contributed by atoms with van der Waals surface area (Å²) in [5.41, 5.74) is 2.05. The molecule has 24 heavy (non-hydrogen) atoms. The quantitative estimate of drug-likeness (QED) is 0.720. The molecule has 0 amide bonds. The van der Waals surface area contributed by atoms with Crippen molar-refractivity contribution in [2.24, 2.45) is 0 Å². The van der Waals surface area contributed by atoms with Crippen LogP contribution in [0.25, 0.3) is 10.8 Å². The maximum atomic E-state index is 13.0. The van der Waals surface area contributed by atoms with Crippen molar-refractivity contribution in [2.45, 2.75) is 6.54 Å². The summed E-state index contributed by atoms with van der Waals surface area (Å²) in [5.74, 6) is 0.509. The largest absolute Gasteiger partial charge is 0.444 e. The van der Waals surface area contributed by atoms with Gasteiger partial charge in [-0.15, -0.1) is 11.3 Å². The minimum Gasteiger partial charge on any atom is -0.444 e. The summed E-state index contributed by atoms with van der Waals surface area (Å²) < 4.78 is 18.6. The van der Waals surface area contributed by atoms with E-state index >= 15 is 0 Å². The Kier molecular flexibility index (Phi) is 4.32. The molecule has 0 bridgehead atoms. The van der Waals surface area contributed by atoms with Gasteiger partial charge in [-0.1, -0.05) is 6.07 Å². The van der Waals surface area contributed by atoms with Gasteiger partial charge in [-0.2, -0.15) is 0 Å². The van der Waals surface area contributed by atoms with Gasteiger partial charge in [0.15, 0.2) is 0 Å². The topological polar surface area (TPSA) is 32.5 Å². The number of anilines is 1. The van der Waals surface area contributed by atoms with E-state index in [4.69, 9.17) is 4.42 Å². The minimum atomic E-state index is -0.190. The third-order valence-corrected chi connectivity index (χ3v) is 5.09. The van der Waals surface area contributed by atoms with E-state index in [1.807, 2.05) is 29.6 Å². The number of aromatic nitrogens is 1. The number of benzene rings is 1. The molecule has 1 aliphatic heterocycles. The zero-order chi connectivity index (χ0) is 16.4. The summed E-state index contributed by atoms with van der Waals surface area (Å²) in [7, 11) is 0. The normalized spacial score (nSPS) is 15.8. The van der Waals surface area contributed by atoms with Crippen LogP contribution in [-0.4, -0.2) is 36.1 Å². The zero-order valence-electron chi connectivity index (χ0n) is 13.2. The molecular weight excluding hydrogens is 325 g/mol. The fourth-order valence-corrected chi connectivity index (χ4v) is 3.59. The van der Waals surface area contributed by atoms with Crippen LogP contribution in [0.1, 0.15) is 5.69 Å². The van der Waals surface area contributed by atoms with E-state index in [-0.39, 0.29) is 5.82 Å². The standard InChI is InChI=1S/C18H18FN3OS/c19-14-3-5-16(6-4-14)22-9-7-21(8-10-22)12-15-13-23-18(20-15)17-2-1-11-24-17/h1-6,11,13H,7-10,12H2. The number of piperazine rings is 1. The lowest BCUT2D eigenvalue weighted by molar-refractivity contribution is 0.247. The van der Waals surface area contributed by atoms with Crippen molar-refractivity contribution in [3.63, 3.8) is 0 Å². The Balaban J connectivity index is 1.34. The first kappa shape index (κ1) is 15.4. The van der Waals surface area contributed by atoms with Crippen LogP contribution in [-0.2, 0) is 6.54 Å². The van der Waals surface area contributed by atoms with Crippen LogP contribution in [0.2, 0.25) is 0 Å². The summed E-state index contributed by atoms with van der Waals surface area (Å²) in [6, 6.07) is 10.7. The second-order valence-corrected chi connectivity index (χ2v) is 6.81. The Morgan fingerprint density at radius 2 is 1.88 bits per heavy atom. The van der Waals surface area contributed by atoms with E-state index in [2.05, 4.69) is 14.8 Å². The molecule has 1 fully saturated rings. The first-order valence-electron chi connectivity index (χ1n) is 7.99. The lowest BCUT2D eigenvalue weighted by Crippen LogP contribution is -2.46. The summed E-state index contributed by atoms with van der Waals surface area (Å²) in [5, 5.41) is 2.02. The van der Waals surface area contributed by atoms with Crippen molar-refractivity contribution in [3.8, 4) is 10.8 Å². The van der Waals surface area contributed by atoms with E-state index in [9.17, 15) is 4.39 Å². The lowest BCUT2D eigenvalue weighted by Gasteiger charge is -2.35. The average molecular weight is 343 g/mol. The van der Waals surface area contributed by atoms with Crippen molar-refractivity contribution in [1.29, 1.82) is 0 Å². The molecule has 0 radical (unpaired) electrons. The number of hydrogen-bond donors (Lipinski definition) is 0. The number of thiophene rings is 1. The number of rotatable bonds is 4. The third-order valence-electron chi connectivity index (χ3n) is 4.23. The molecule has 0 saturated carbocycles. The molecule has 1 saturated heterocycles. The molecular formula is C18H18FN3OS. The Morgan fingerprint density at radius 1 is 1.08 bits per heavy atom. The molecule has 1 aromatic carbocycles. The summed E-state index contributed by atoms with van der Waals surface area (Å²) in [4.78, 5) is 10.3. The van der Waals surface area contributed by atoms with Crippen LogP contribution in [0, 0.1) is 5.82 Å². The van der Waals surface area contributed by atoms with Crippen LogP contribution in [0.5, 0.6) is 0 Å². The van der Waals surface area contributed by atoms with E-state index < -0.39 is 0 Å². The third kappa shape index (κ3) is 3.34. The predicted octanol–water partition coefficient (Wildman–Crippen LogP) is 3.86. The maximum absolute atomic E-state index is 13.0.